The summed E-state index contributed by atoms with van der Waals surface area (Å²) in [7, 11) is 0. The van der Waals surface area contributed by atoms with Crippen LogP contribution in [0.4, 0.5) is 0 Å². The highest BCUT2D eigenvalue weighted by Crippen LogP contribution is 2.23. The van der Waals surface area contributed by atoms with Crippen LogP contribution in [0.25, 0.3) is 0 Å². The first-order chi connectivity index (χ1) is 5.95. The summed E-state index contributed by atoms with van der Waals surface area (Å²) in [5, 5.41) is 8.76. The lowest BCUT2D eigenvalue weighted by Crippen LogP contribution is -2.11. The molecule has 0 saturated carbocycles. The molecule has 0 bridgehead atoms. The SMILES string of the molecule is Cc1cc(C(C)(C)C)ccc1C#N. The van der Waals surface area contributed by atoms with E-state index >= 15 is 0 Å². The number of aryl methyl sites for hydroxylation is 1. The fraction of sp³-hybridized carbons (Fsp3) is 0.417. The molecule has 1 aromatic rings. The zero-order valence-electron chi connectivity index (χ0n) is 8.68. The highest BCUT2D eigenvalue weighted by Gasteiger charge is 2.13. The molecule has 0 amide bonds. The zero-order valence-corrected chi connectivity index (χ0v) is 8.68. The van der Waals surface area contributed by atoms with Gasteiger partial charge >= 0.3 is 0 Å². The fourth-order valence-electron chi connectivity index (χ4n) is 1.26. The van der Waals surface area contributed by atoms with Crippen LogP contribution in [-0.4, -0.2) is 0 Å². The van der Waals surface area contributed by atoms with E-state index in [-0.39, 0.29) is 5.41 Å². The lowest BCUT2D eigenvalue weighted by atomic mass is 9.85. The molecule has 0 unspecified atom stereocenters. The maximum atomic E-state index is 8.76. The minimum atomic E-state index is 0.165. The zero-order chi connectivity index (χ0) is 10.1. The molecule has 0 aliphatic carbocycles. The van der Waals surface area contributed by atoms with Gasteiger partial charge in [-0.05, 0) is 29.5 Å². The molecule has 0 fully saturated rings. The van der Waals surface area contributed by atoms with Crippen molar-refractivity contribution < 1.29 is 0 Å². The molecule has 0 aliphatic heterocycles. The van der Waals surface area contributed by atoms with Gasteiger partial charge in [0.1, 0.15) is 0 Å². The van der Waals surface area contributed by atoms with Gasteiger partial charge in [0, 0.05) is 0 Å². The molecule has 1 heteroatoms. The summed E-state index contributed by atoms with van der Waals surface area (Å²) in [5.74, 6) is 0. The van der Waals surface area contributed by atoms with Crippen LogP contribution in [-0.2, 0) is 5.41 Å². The number of hydrogen-bond donors (Lipinski definition) is 0. The molecule has 0 N–H and O–H groups in total. The Kier molecular flexibility index (Phi) is 2.43. The fourth-order valence-corrected chi connectivity index (χ4v) is 1.26. The molecule has 13 heavy (non-hydrogen) atoms. The summed E-state index contributed by atoms with van der Waals surface area (Å²) in [5.41, 5.74) is 3.28. The van der Waals surface area contributed by atoms with E-state index in [9.17, 15) is 0 Å². The number of rotatable bonds is 0. The van der Waals surface area contributed by atoms with Gasteiger partial charge in [0.2, 0.25) is 0 Å². The van der Waals surface area contributed by atoms with E-state index in [0.29, 0.717) is 0 Å². The number of benzene rings is 1. The maximum Gasteiger partial charge on any atom is 0.0994 e. The first-order valence-electron chi connectivity index (χ1n) is 4.46. The molecule has 1 nitrogen and oxygen atoms in total. The molecule has 0 radical (unpaired) electrons. The second-order valence-electron chi connectivity index (χ2n) is 4.39. The van der Waals surface area contributed by atoms with Crippen molar-refractivity contribution in [2.75, 3.05) is 0 Å². The van der Waals surface area contributed by atoms with Crippen LogP contribution in [0, 0.1) is 18.3 Å². The van der Waals surface area contributed by atoms with Crippen LogP contribution in [0.5, 0.6) is 0 Å². The van der Waals surface area contributed by atoms with Crippen molar-refractivity contribution in [1.82, 2.24) is 0 Å². The molecule has 0 heterocycles. The van der Waals surface area contributed by atoms with Crippen molar-refractivity contribution in [2.45, 2.75) is 33.1 Å². The van der Waals surface area contributed by atoms with Crippen LogP contribution in [0.3, 0.4) is 0 Å². The van der Waals surface area contributed by atoms with Crippen LogP contribution < -0.4 is 0 Å². The molecule has 0 spiro atoms. The van der Waals surface area contributed by atoms with Crippen LogP contribution in [0.1, 0.15) is 37.5 Å². The number of nitriles is 1. The topological polar surface area (TPSA) is 23.8 Å². The largest absolute Gasteiger partial charge is 0.192 e. The Morgan fingerprint density at radius 1 is 1.23 bits per heavy atom. The van der Waals surface area contributed by atoms with Gasteiger partial charge in [0.05, 0.1) is 11.6 Å². The van der Waals surface area contributed by atoms with Gasteiger partial charge in [-0.1, -0.05) is 32.9 Å². The molecular formula is C12H15N. The second-order valence-corrected chi connectivity index (χ2v) is 4.39. The average molecular weight is 173 g/mol. The van der Waals surface area contributed by atoms with Gasteiger partial charge in [-0.2, -0.15) is 5.26 Å². The molecular weight excluding hydrogens is 158 g/mol. The van der Waals surface area contributed by atoms with E-state index in [1.54, 1.807) is 0 Å². The lowest BCUT2D eigenvalue weighted by Gasteiger charge is -2.19. The molecule has 0 aliphatic rings. The van der Waals surface area contributed by atoms with Crippen molar-refractivity contribution in [1.29, 1.82) is 5.26 Å². The summed E-state index contributed by atoms with van der Waals surface area (Å²) in [6, 6.07) is 8.20. The van der Waals surface area contributed by atoms with Gasteiger partial charge in [-0.15, -0.1) is 0 Å². The highest BCUT2D eigenvalue weighted by molar-refractivity contribution is 5.41. The van der Waals surface area contributed by atoms with Crippen molar-refractivity contribution in [2.24, 2.45) is 0 Å². The van der Waals surface area contributed by atoms with Crippen LogP contribution in [0.2, 0.25) is 0 Å². The quantitative estimate of drug-likeness (QED) is 0.591. The Balaban J connectivity index is 3.20. The Morgan fingerprint density at radius 2 is 1.85 bits per heavy atom. The van der Waals surface area contributed by atoms with E-state index in [0.717, 1.165) is 11.1 Å². The minimum absolute atomic E-state index is 0.165. The van der Waals surface area contributed by atoms with Crippen LogP contribution >= 0.6 is 0 Å². The monoisotopic (exact) mass is 173 g/mol. The van der Waals surface area contributed by atoms with Crippen molar-refractivity contribution in [3.05, 3.63) is 34.9 Å². The Bertz CT molecular complexity index is 350. The maximum absolute atomic E-state index is 8.76. The van der Waals surface area contributed by atoms with Gasteiger partial charge < -0.3 is 0 Å². The van der Waals surface area contributed by atoms with Gasteiger partial charge in [-0.3, -0.25) is 0 Å². The summed E-state index contributed by atoms with van der Waals surface area (Å²) < 4.78 is 0. The minimum Gasteiger partial charge on any atom is -0.192 e. The molecule has 68 valence electrons. The Hall–Kier alpha value is -1.29. The predicted octanol–water partition coefficient (Wildman–Crippen LogP) is 3.16. The summed E-state index contributed by atoms with van der Waals surface area (Å²) in [6.45, 7) is 8.50. The average Bonchev–Trinajstić information content (AvgIpc) is 2.02. The molecule has 0 atom stereocenters. The summed E-state index contributed by atoms with van der Waals surface area (Å²) >= 11 is 0. The van der Waals surface area contributed by atoms with Crippen molar-refractivity contribution in [3.8, 4) is 6.07 Å². The normalized spacial score (nSPS) is 11.0. The molecule has 1 rings (SSSR count). The van der Waals surface area contributed by atoms with E-state index in [1.165, 1.54) is 5.56 Å². The standard InChI is InChI=1S/C12H15N/c1-9-7-11(12(2,3)4)6-5-10(9)8-13/h5-7H,1-4H3. The van der Waals surface area contributed by atoms with E-state index in [4.69, 9.17) is 5.26 Å². The van der Waals surface area contributed by atoms with E-state index in [1.807, 2.05) is 19.1 Å². The molecule has 1 aromatic carbocycles. The lowest BCUT2D eigenvalue weighted by molar-refractivity contribution is 0.589. The molecule has 0 aromatic heterocycles. The Labute approximate surface area is 80.0 Å². The first kappa shape index (κ1) is 9.80. The summed E-state index contributed by atoms with van der Waals surface area (Å²) in [6.07, 6.45) is 0. The van der Waals surface area contributed by atoms with Crippen LogP contribution in [0.15, 0.2) is 18.2 Å². The highest BCUT2D eigenvalue weighted by atomic mass is 14.2. The number of hydrogen-bond acceptors (Lipinski definition) is 1. The van der Waals surface area contributed by atoms with E-state index < -0.39 is 0 Å². The third-order valence-corrected chi connectivity index (χ3v) is 2.21. The second kappa shape index (κ2) is 3.22. The number of nitrogens with zero attached hydrogens (tertiary/aromatic N) is 1. The van der Waals surface area contributed by atoms with Crippen molar-refractivity contribution >= 4 is 0 Å². The predicted molar refractivity (Wildman–Crippen MR) is 54.6 cm³/mol. The third-order valence-electron chi connectivity index (χ3n) is 2.21. The van der Waals surface area contributed by atoms with Gasteiger partial charge in [0.25, 0.3) is 0 Å². The van der Waals surface area contributed by atoms with E-state index in [2.05, 4.69) is 32.9 Å². The van der Waals surface area contributed by atoms with Crippen molar-refractivity contribution in [3.63, 3.8) is 0 Å². The molecule has 0 saturated heterocycles. The Morgan fingerprint density at radius 3 is 2.23 bits per heavy atom. The smallest absolute Gasteiger partial charge is 0.0994 e. The van der Waals surface area contributed by atoms with Gasteiger partial charge in [0.15, 0.2) is 0 Å². The third kappa shape index (κ3) is 2.09. The summed E-state index contributed by atoms with van der Waals surface area (Å²) in [4.78, 5) is 0. The van der Waals surface area contributed by atoms with Gasteiger partial charge in [-0.25, -0.2) is 0 Å². The first-order valence-corrected chi connectivity index (χ1v) is 4.46.